The Hall–Kier alpha value is -3.35. The molecule has 1 aliphatic rings. The van der Waals surface area contributed by atoms with Crippen LogP contribution in [0.3, 0.4) is 0 Å². The van der Waals surface area contributed by atoms with E-state index in [1.165, 1.54) is 0 Å². The van der Waals surface area contributed by atoms with Crippen LogP contribution in [0.25, 0.3) is 5.69 Å². The van der Waals surface area contributed by atoms with E-state index in [4.69, 9.17) is 4.74 Å². The number of carbonyl (C=O) groups excluding carboxylic acids is 1. The number of aromatic amines is 1. The molecule has 1 fully saturated rings. The molecule has 0 spiro atoms. The van der Waals surface area contributed by atoms with Crippen LogP contribution in [0.4, 0.5) is 0 Å². The van der Waals surface area contributed by atoms with E-state index in [0.29, 0.717) is 18.8 Å². The molecule has 1 amide bonds. The Morgan fingerprint density at radius 1 is 1.13 bits per heavy atom. The molecule has 1 aromatic heterocycles. The standard InChI is InChI=1S/C24H28N4O3/c1-17-5-3-4-6-21(17)28-22(25-26-24(28)30)15-19-11-13-27(14-12-19)23(29)16-18-7-9-20(31-2)10-8-18/h3-10,19H,11-16H2,1-2H3,(H,26,30). The van der Waals surface area contributed by atoms with Crippen molar-refractivity contribution in [2.24, 2.45) is 5.92 Å². The van der Waals surface area contributed by atoms with Crippen LogP contribution in [0.15, 0.2) is 53.3 Å². The third-order valence-electron chi connectivity index (χ3n) is 6.05. The number of aryl methyl sites for hydroxylation is 1. The van der Waals surface area contributed by atoms with Gasteiger partial charge in [-0.05, 0) is 55.0 Å². The molecular formula is C24H28N4O3. The first kappa shape index (κ1) is 20.9. The Morgan fingerprint density at radius 2 is 1.84 bits per heavy atom. The van der Waals surface area contributed by atoms with Gasteiger partial charge in [0.1, 0.15) is 11.6 Å². The van der Waals surface area contributed by atoms with Gasteiger partial charge in [-0.3, -0.25) is 4.79 Å². The number of methoxy groups -OCH3 is 1. The molecule has 0 bridgehead atoms. The van der Waals surface area contributed by atoms with Crippen LogP contribution in [0.1, 0.15) is 29.8 Å². The van der Waals surface area contributed by atoms with E-state index in [-0.39, 0.29) is 11.6 Å². The van der Waals surface area contributed by atoms with Crippen molar-refractivity contribution in [2.45, 2.75) is 32.6 Å². The number of amides is 1. The van der Waals surface area contributed by atoms with Gasteiger partial charge in [-0.1, -0.05) is 30.3 Å². The van der Waals surface area contributed by atoms with Gasteiger partial charge in [-0.15, -0.1) is 0 Å². The van der Waals surface area contributed by atoms with Crippen LogP contribution in [-0.4, -0.2) is 45.8 Å². The van der Waals surface area contributed by atoms with E-state index in [1.807, 2.05) is 60.4 Å². The van der Waals surface area contributed by atoms with E-state index in [1.54, 1.807) is 11.7 Å². The van der Waals surface area contributed by atoms with E-state index in [2.05, 4.69) is 10.2 Å². The molecule has 0 unspecified atom stereocenters. The van der Waals surface area contributed by atoms with Gasteiger partial charge in [0.05, 0.1) is 19.2 Å². The number of H-pyrrole nitrogens is 1. The van der Waals surface area contributed by atoms with E-state index in [9.17, 15) is 9.59 Å². The van der Waals surface area contributed by atoms with E-state index < -0.39 is 0 Å². The number of benzene rings is 2. The van der Waals surface area contributed by atoms with Crippen LogP contribution in [0, 0.1) is 12.8 Å². The predicted molar refractivity (Wildman–Crippen MR) is 119 cm³/mol. The second-order valence-corrected chi connectivity index (χ2v) is 8.12. The van der Waals surface area contributed by atoms with Gasteiger partial charge in [-0.2, -0.15) is 5.10 Å². The van der Waals surface area contributed by atoms with Crippen LogP contribution in [0.2, 0.25) is 0 Å². The molecule has 0 aliphatic carbocycles. The second kappa shape index (κ2) is 9.20. The van der Waals surface area contributed by atoms with Crippen LogP contribution in [-0.2, 0) is 17.6 Å². The van der Waals surface area contributed by atoms with Crippen LogP contribution in [0.5, 0.6) is 5.75 Å². The summed E-state index contributed by atoms with van der Waals surface area (Å²) in [5.74, 6) is 2.09. The molecule has 1 saturated heterocycles. The number of piperidine rings is 1. The molecule has 162 valence electrons. The number of carbonyl (C=O) groups is 1. The summed E-state index contributed by atoms with van der Waals surface area (Å²) in [6.45, 7) is 3.46. The van der Waals surface area contributed by atoms with E-state index >= 15 is 0 Å². The summed E-state index contributed by atoms with van der Waals surface area (Å²) in [7, 11) is 1.63. The summed E-state index contributed by atoms with van der Waals surface area (Å²) in [5.41, 5.74) is 2.68. The first-order valence-corrected chi connectivity index (χ1v) is 10.7. The summed E-state index contributed by atoms with van der Waals surface area (Å²) in [6, 6.07) is 15.5. The molecular weight excluding hydrogens is 392 g/mol. The first-order chi connectivity index (χ1) is 15.0. The van der Waals surface area contributed by atoms with Crippen molar-refractivity contribution < 1.29 is 9.53 Å². The zero-order valence-corrected chi connectivity index (χ0v) is 18.0. The number of para-hydroxylation sites is 1. The van der Waals surface area contributed by atoms with E-state index in [0.717, 1.165) is 54.3 Å². The lowest BCUT2D eigenvalue weighted by molar-refractivity contribution is -0.131. The maximum atomic E-state index is 12.7. The Kier molecular flexibility index (Phi) is 6.21. The van der Waals surface area contributed by atoms with Crippen molar-refractivity contribution in [2.75, 3.05) is 20.2 Å². The molecule has 2 aromatic carbocycles. The Balaban J connectivity index is 1.36. The third kappa shape index (κ3) is 4.71. The summed E-state index contributed by atoms with van der Waals surface area (Å²) in [5, 5.41) is 6.88. The zero-order valence-electron chi connectivity index (χ0n) is 18.0. The summed E-state index contributed by atoms with van der Waals surface area (Å²) < 4.78 is 6.85. The highest BCUT2D eigenvalue weighted by molar-refractivity contribution is 5.78. The highest BCUT2D eigenvalue weighted by Gasteiger charge is 2.25. The van der Waals surface area contributed by atoms with Crippen molar-refractivity contribution >= 4 is 5.91 Å². The summed E-state index contributed by atoms with van der Waals surface area (Å²) in [4.78, 5) is 27.0. The molecule has 3 aromatic rings. The number of rotatable bonds is 6. The topological polar surface area (TPSA) is 80.2 Å². The number of aromatic nitrogens is 3. The molecule has 0 radical (unpaired) electrons. The number of hydrogen-bond donors (Lipinski definition) is 1. The minimum absolute atomic E-state index is 0.153. The number of hydrogen-bond acceptors (Lipinski definition) is 4. The molecule has 2 heterocycles. The van der Waals surface area contributed by atoms with Crippen molar-refractivity contribution in [1.82, 2.24) is 19.7 Å². The highest BCUT2D eigenvalue weighted by Crippen LogP contribution is 2.23. The molecule has 31 heavy (non-hydrogen) atoms. The Morgan fingerprint density at radius 3 is 2.52 bits per heavy atom. The van der Waals surface area contributed by atoms with Gasteiger partial charge in [-0.25, -0.2) is 14.5 Å². The summed E-state index contributed by atoms with van der Waals surface area (Å²) >= 11 is 0. The van der Waals surface area contributed by atoms with Crippen molar-refractivity contribution in [1.29, 1.82) is 0 Å². The average Bonchev–Trinajstić information content (AvgIpc) is 3.15. The van der Waals surface area contributed by atoms with Crippen molar-refractivity contribution in [3.05, 3.63) is 76.0 Å². The average molecular weight is 421 g/mol. The highest BCUT2D eigenvalue weighted by atomic mass is 16.5. The normalized spacial score (nSPS) is 14.6. The van der Waals surface area contributed by atoms with Gasteiger partial charge >= 0.3 is 5.69 Å². The fourth-order valence-electron chi connectivity index (χ4n) is 4.20. The fraction of sp³-hybridized carbons (Fsp3) is 0.375. The lowest BCUT2D eigenvalue weighted by Gasteiger charge is -2.32. The monoisotopic (exact) mass is 420 g/mol. The molecule has 0 saturated carbocycles. The van der Waals surface area contributed by atoms with Crippen molar-refractivity contribution in [3.8, 4) is 11.4 Å². The first-order valence-electron chi connectivity index (χ1n) is 10.7. The quantitative estimate of drug-likeness (QED) is 0.665. The molecule has 0 atom stereocenters. The van der Waals surface area contributed by atoms with Crippen LogP contribution >= 0.6 is 0 Å². The lowest BCUT2D eigenvalue weighted by Crippen LogP contribution is -2.40. The minimum Gasteiger partial charge on any atom is -0.497 e. The largest absolute Gasteiger partial charge is 0.497 e. The maximum Gasteiger partial charge on any atom is 0.347 e. The number of nitrogens with one attached hydrogen (secondary N) is 1. The van der Waals surface area contributed by atoms with Gasteiger partial charge in [0.2, 0.25) is 5.91 Å². The number of likely N-dealkylation sites (tertiary alicyclic amines) is 1. The van der Waals surface area contributed by atoms with Gasteiger partial charge in [0.25, 0.3) is 0 Å². The maximum absolute atomic E-state index is 12.7. The lowest BCUT2D eigenvalue weighted by atomic mass is 9.92. The van der Waals surface area contributed by atoms with Gasteiger partial charge < -0.3 is 9.64 Å². The smallest absolute Gasteiger partial charge is 0.347 e. The van der Waals surface area contributed by atoms with Gasteiger partial charge in [0.15, 0.2) is 0 Å². The molecule has 1 aliphatic heterocycles. The molecule has 7 heteroatoms. The molecule has 1 N–H and O–H groups in total. The third-order valence-corrected chi connectivity index (χ3v) is 6.05. The Labute approximate surface area is 181 Å². The predicted octanol–water partition coefficient (Wildman–Crippen LogP) is 2.90. The molecule has 4 rings (SSSR count). The fourth-order valence-corrected chi connectivity index (χ4v) is 4.20. The van der Waals surface area contributed by atoms with Crippen molar-refractivity contribution in [3.63, 3.8) is 0 Å². The van der Waals surface area contributed by atoms with Crippen LogP contribution < -0.4 is 10.4 Å². The molecule has 7 nitrogen and oxygen atoms in total. The Bertz CT molecular complexity index is 1090. The zero-order chi connectivity index (χ0) is 21.8. The number of nitrogens with zero attached hydrogens (tertiary/aromatic N) is 3. The second-order valence-electron chi connectivity index (χ2n) is 8.12. The number of ether oxygens (including phenoxy) is 1. The minimum atomic E-state index is -0.212. The SMILES string of the molecule is COc1ccc(CC(=O)N2CCC(Cc3n[nH]c(=O)n3-c3ccccc3C)CC2)cc1. The van der Waals surface area contributed by atoms with Gasteiger partial charge in [0, 0.05) is 19.5 Å². The summed E-state index contributed by atoms with van der Waals surface area (Å²) in [6.07, 6.45) is 2.93.